The van der Waals surface area contributed by atoms with Gasteiger partial charge in [0.1, 0.15) is 17.5 Å². The standard InChI is InChI=1S/C21H19F3N2O6/c22-21(23,24)10-13-8-15(6-3-12(13)9-17-18(27)26-20(30)32-17)31-14-4-1-11(2-5-14)7-16(25)19(28)29/h1-6,8,16-17H,7,9-10,25H2,(H,28,29)(H,26,27,30). The number of alkyl carbamates (subject to hydrolysis) is 1. The second kappa shape index (κ2) is 9.27. The maximum atomic E-state index is 13.1. The number of carbonyl (C=O) groups excluding carboxylic acids is 2. The van der Waals surface area contributed by atoms with E-state index in [9.17, 15) is 27.6 Å². The van der Waals surface area contributed by atoms with Crippen LogP contribution in [0.2, 0.25) is 0 Å². The van der Waals surface area contributed by atoms with Crippen LogP contribution in [0, 0.1) is 0 Å². The zero-order chi connectivity index (χ0) is 23.5. The minimum absolute atomic E-state index is 0.110. The minimum Gasteiger partial charge on any atom is -0.480 e. The highest BCUT2D eigenvalue weighted by Crippen LogP contribution is 2.30. The largest absolute Gasteiger partial charge is 0.480 e. The Morgan fingerprint density at radius 2 is 1.78 bits per heavy atom. The second-order valence-electron chi connectivity index (χ2n) is 7.20. The minimum atomic E-state index is -4.51. The lowest BCUT2D eigenvalue weighted by molar-refractivity contribution is -0.138. The summed E-state index contributed by atoms with van der Waals surface area (Å²) >= 11 is 0. The number of cyclic esters (lactones) is 1. The molecule has 2 aromatic rings. The zero-order valence-corrected chi connectivity index (χ0v) is 16.5. The SMILES string of the molecule is NC(Cc1ccc(Oc2ccc(CC3OC(=O)NC3=O)c(CC(F)(F)F)c2)cc1)C(=O)O. The van der Waals surface area contributed by atoms with Crippen LogP contribution in [-0.4, -0.2) is 41.4 Å². The highest BCUT2D eigenvalue weighted by atomic mass is 19.4. The third-order valence-corrected chi connectivity index (χ3v) is 4.67. The number of amides is 2. The van der Waals surface area contributed by atoms with Crippen LogP contribution in [0.4, 0.5) is 18.0 Å². The summed E-state index contributed by atoms with van der Waals surface area (Å²) in [6, 6.07) is 9.29. The van der Waals surface area contributed by atoms with Crippen LogP contribution in [0.25, 0.3) is 0 Å². The van der Waals surface area contributed by atoms with E-state index >= 15 is 0 Å². The van der Waals surface area contributed by atoms with E-state index in [0.29, 0.717) is 11.3 Å². The van der Waals surface area contributed by atoms with Crippen LogP contribution >= 0.6 is 0 Å². The summed E-state index contributed by atoms with van der Waals surface area (Å²) in [4.78, 5) is 33.7. The van der Waals surface area contributed by atoms with Crippen LogP contribution in [0.15, 0.2) is 42.5 Å². The molecule has 8 nitrogen and oxygen atoms in total. The Morgan fingerprint density at radius 3 is 2.34 bits per heavy atom. The summed E-state index contributed by atoms with van der Waals surface area (Å²) in [7, 11) is 0. The predicted octanol–water partition coefficient (Wildman–Crippen LogP) is 2.72. The molecule has 1 aliphatic heterocycles. The molecule has 1 aliphatic rings. The molecule has 0 radical (unpaired) electrons. The first-order valence-electron chi connectivity index (χ1n) is 9.45. The van der Waals surface area contributed by atoms with Crippen molar-refractivity contribution in [2.24, 2.45) is 5.73 Å². The number of benzene rings is 2. The molecule has 2 amide bonds. The average Bonchev–Trinajstić information content (AvgIpc) is 3.01. The zero-order valence-electron chi connectivity index (χ0n) is 16.5. The van der Waals surface area contributed by atoms with Gasteiger partial charge in [-0.1, -0.05) is 18.2 Å². The number of rotatable bonds is 8. The summed E-state index contributed by atoms with van der Waals surface area (Å²) in [5.41, 5.74) is 6.23. The van der Waals surface area contributed by atoms with E-state index in [-0.39, 0.29) is 29.7 Å². The Bertz CT molecular complexity index is 1020. The number of aliphatic carboxylic acids is 1. The fourth-order valence-corrected chi connectivity index (χ4v) is 3.14. The van der Waals surface area contributed by atoms with Crippen molar-refractivity contribution in [1.82, 2.24) is 5.32 Å². The summed E-state index contributed by atoms with van der Waals surface area (Å²) in [6.45, 7) is 0. The number of carboxylic acid groups (broad SMARTS) is 1. The molecular weight excluding hydrogens is 433 g/mol. The van der Waals surface area contributed by atoms with Gasteiger partial charge in [0.05, 0.1) is 6.42 Å². The van der Waals surface area contributed by atoms with Crippen LogP contribution in [0.1, 0.15) is 16.7 Å². The Labute approximate surface area is 180 Å². The van der Waals surface area contributed by atoms with Gasteiger partial charge in [0.25, 0.3) is 5.91 Å². The quantitative estimate of drug-likeness (QED) is 0.562. The van der Waals surface area contributed by atoms with Crippen LogP contribution in [0.3, 0.4) is 0 Å². The highest BCUT2D eigenvalue weighted by molar-refractivity contribution is 6.00. The molecule has 1 heterocycles. The molecule has 4 N–H and O–H groups in total. The number of carbonyl (C=O) groups is 3. The Kier molecular flexibility index (Phi) is 6.68. The van der Waals surface area contributed by atoms with Crippen LogP contribution in [-0.2, 0) is 33.6 Å². The van der Waals surface area contributed by atoms with Crippen molar-refractivity contribution >= 4 is 18.0 Å². The van der Waals surface area contributed by atoms with Gasteiger partial charge in [-0.3, -0.25) is 14.9 Å². The first-order chi connectivity index (χ1) is 15.0. The van der Waals surface area contributed by atoms with Crippen molar-refractivity contribution < 1.29 is 42.1 Å². The van der Waals surface area contributed by atoms with E-state index in [0.717, 1.165) is 0 Å². The van der Waals surface area contributed by atoms with Gasteiger partial charge in [0.2, 0.25) is 0 Å². The topological polar surface area (TPSA) is 128 Å². The Hall–Kier alpha value is -3.60. The van der Waals surface area contributed by atoms with Gasteiger partial charge < -0.3 is 20.3 Å². The molecule has 3 rings (SSSR count). The van der Waals surface area contributed by atoms with E-state index in [4.69, 9.17) is 20.3 Å². The third-order valence-electron chi connectivity index (χ3n) is 4.67. The van der Waals surface area contributed by atoms with Gasteiger partial charge >= 0.3 is 18.2 Å². The lowest BCUT2D eigenvalue weighted by Gasteiger charge is -2.16. The molecule has 0 spiro atoms. The number of nitrogens with two attached hydrogens (primary N) is 1. The van der Waals surface area contributed by atoms with Gasteiger partial charge in [-0.05, 0) is 47.4 Å². The number of alkyl halides is 3. The average molecular weight is 452 g/mol. The molecule has 32 heavy (non-hydrogen) atoms. The second-order valence-corrected chi connectivity index (χ2v) is 7.20. The van der Waals surface area contributed by atoms with Gasteiger partial charge in [-0.15, -0.1) is 0 Å². The molecule has 2 aromatic carbocycles. The van der Waals surface area contributed by atoms with Gasteiger partial charge in [0, 0.05) is 6.42 Å². The lowest BCUT2D eigenvalue weighted by atomic mass is 9.98. The normalized spacial score (nSPS) is 16.9. The maximum Gasteiger partial charge on any atom is 0.414 e. The summed E-state index contributed by atoms with van der Waals surface area (Å²) in [5.74, 6) is -1.38. The number of halogens is 3. The lowest BCUT2D eigenvalue weighted by Crippen LogP contribution is -2.32. The van der Waals surface area contributed by atoms with Crippen molar-refractivity contribution in [3.05, 3.63) is 59.2 Å². The van der Waals surface area contributed by atoms with Crippen molar-refractivity contribution in [1.29, 1.82) is 0 Å². The molecule has 11 heteroatoms. The third kappa shape index (κ3) is 6.20. The maximum absolute atomic E-state index is 13.1. The smallest absolute Gasteiger partial charge is 0.414 e. The van der Waals surface area contributed by atoms with Crippen LogP contribution in [0.5, 0.6) is 11.5 Å². The van der Waals surface area contributed by atoms with E-state index in [2.05, 4.69) is 0 Å². The molecule has 0 aliphatic carbocycles. The summed E-state index contributed by atoms with van der Waals surface area (Å²) < 4.78 is 49.6. The van der Waals surface area contributed by atoms with E-state index in [1.54, 1.807) is 24.3 Å². The Morgan fingerprint density at radius 1 is 1.12 bits per heavy atom. The predicted molar refractivity (Wildman–Crippen MR) is 104 cm³/mol. The van der Waals surface area contributed by atoms with E-state index in [1.807, 2.05) is 5.32 Å². The molecule has 1 fully saturated rings. The molecule has 0 bridgehead atoms. The number of hydrogen-bond acceptors (Lipinski definition) is 6. The first-order valence-corrected chi connectivity index (χ1v) is 9.45. The van der Waals surface area contributed by atoms with Gasteiger partial charge in [-0.25, -0.2) is 4.79 Å². The number of ether oxygens (including phenoxy) is 2. The first kappa shape index (κ1) is 23.1. The fraction of sp³-hybridized carbons (Fsp3) is 0.286. The number of imide groups is 1. The molecular formula is C21H19F3N2O6. The monoisotopic (exact) mass is 452 g/mol. The summed E-state index contributed by atoms with van der Waals surface area (Å²) in [6.07, 6.45) is -8.00. The molecule has 2 atom stereocenters. The fourth-order valence-electron chi connectivity index (χ4n) is 3.14. The molecule has 0 saturated carbocycles. The summed E-state index contributed by atoms with van der Waals surface area (Å²) in [5, 5.41) is 10.8. The highest BCUT2D eigenvalue weighted by Gasteiger charge is 2.34. The van der Waals surface area contributed by atoms with E-state index in [1.165, 1.54) is 18.2 Å². The van der Waals surface area contributed by atoms with E-state index < -0.39 is 42.7 Å². The van der Waals surface area contributed by atoms with Crippen molar-refractivity contribution in [3.8, 4) is 11.5 Å². The van der Waals surface area contributed by atoms with Crippen LogP contribution < -0.4 is 15.8 Å². The number of nitrogens with one attached hydrogen (secondary N) is 1. The molecule has 1 saturated heterocycles. The Balaban J connectivity index is 1.77. The molecule has 0 aromatic heterocycles. The van der Waals surface area contributed by atoms with Gasteiger partial charge in [-0.2, -0.15) is 13.2 Å². The van der Waals surface area contributed by atoms with Crippen molar-refractivity contribution in [2.75, 3.05) is 0 Å². The molecule has 170 valence electrons. The van der Waals surface area contributed by atoms with Crippen molar-refractivity contribution in [3.63, 3.8) is 0 Å². The molecule has 2 unspecified atom stereocenters. The number of carboxylic acids is 1. The van der Waals surface area contributed by atoms with Gasteiger partial charge in [0.15, 0.2) is 6.10 Å². The number of hydrogen-bond donors (Lipinski definition) is 3. The van der Waals surface area contributed by atoms with Crippen molar-refractivity contribution in [2.45, 2.75) is 37.6 Å².